The number of benzene rings is 2. The average molecular weight is 258 g/mol. The molecule has 3 nitrogen and oxygen atoms in total. The highest BCUT2D eigenvalue weighted by molar-refractivity contribution is 5.36. The molecule has 2 rings (SSSR count). The third kappa shape index (κ3) is 4.30. The first-order valence-electron chi connectivity index (χ1n) is 6.29. The van der Waals surface area contributed by atoms with Crippen LogP contribution >= 0.6 is 0 Å². The first-order valence-corrected chi connectivity index (χ1v) is 6.29. The van der Waals surface area contributed by atoms with Crippen LogP contribution in [-0.2, 0) is 0 Å². The van der Waals surface area contributed by atoms with Crippen molar-refractivity contribution < 1.29 is 14.6 Å². The topological polar surface area (TPSA) is 38.7 Å². The molecule has 3 heteroatoms. The normalized spacial score (nSPS) is 11.9. The second kappa shape index (κ2) is 6.25. The van der Waals surface area contributed by atoms with E-state index in [1.807, 2.05) is 55.5 Å². The van der Waals surface area contributed by atoms with Crippen LogP contribution in [0.4, 0.5) is 0 Å². The number of ether oxygens (including phenoxy) is 2. The van der Waals surface area contributed by atoms with Crippen LogP contribution in [0.15, 0.2) is 48.5 Å². The van der Waals surface area contributed by atoms with Crippen LogP contribution < -0.4 is 9.47 Å². The Morgan fingerprint density at radius 2 is 1.68 bits per heavy atom. The molecule has 0 amide bonds. The van der Waals surface area contributed by atoms with Gasteiger partial charge in [0.15, 0.2) is 0 Å². The Bertz CT molecular complexity index is 518. The van der Waals surface area contributed by atoms with E-state index in [1.54, 1.807) is 6.92 Å². The van der Waals surface area contributed by atoms with Gasteiger partial charge in [-0.3, -0.25) is 0 Å². The van der Waals surface area contributed by atoms with Gasteiger partial charge in [0.05, 0.1) is 6.10 Å². The molecule has 0 spiro atoms. The van der Waals surface area contributed by atoms with E-state index in [0.29, 0.717) is 0 Å². The van der Waals surface area contributed by atoms with Gasteiger partial charge in [0.1, 0.15) is 23.9 Å². The van der Waals surface area contributed by atoms with E-state index >= 15 is 0 Å². The lowest BCUT2D eigenvalue weighted by molar-refractivity contribution is 0.122. The fourth-order valence-electron chi connectivity index (χ4n) is 1.64. The van der Waals surface area contributed by atoms with Gasteiger partial charge in [0, 0.05) is 0 Å². The van der Waals surface area contributed by atoms with Gasteiger partial charge in [-0.15, -0.1) is 0 Å². The third-order valence-electron chi connectivity index (χ3n) is 2.54. The number of hydrogen-bond donors (Lipinski definition) is 1. The molecule has 0 aliphatic carbocycles. The number of hydrogen-bond acceptors (Lipinski definition) is 3. The van der Waals surface area contributed by atoms with Crippen molar-refractivity contribution in [1.29, 1.82) is 0 Å². The van der Waals surface area contributed by atoms with Crippen molar-refractivity contribution >= 4 is 0 Å². The van der Waals surface area contributed by atoms with Gasteiger partial charge in [-0.1, -0.05) is 12.1 Å². The Balaban J connectivity index is 1.98. The van der Waals surface area contributed by atoms with Crippen LogP contribution in [0.1, 0.15) is 12.5 Å². The molecule has 0 bridgehead atoms. The Hall–Kier alpha value is -2.00. The zero-order chi connectivity index (χ0) is 13.7. The van der Waals surface area contributed by atoms with Gasteiger partial charge >= 0.3 is 0 Å². The van der Waals surface area contributed by atoms with Crippen molar-refractivity contribution in [2.45, 2.75) is 20.0 Å². The van der Waals surface area contributed by atoms with Crippen LogP contribution in [0, 0.1) is 6.92 Å². The zero-order valence-corrected chi connectivity index (χ0v) is 11.2. The van der Waals surface area contributed by atoms with Crippen LogP contribution in [0.2, 0.25) is 0 Å². The summed E-state index contributed by atoms with van der Waals surface area (Å²) in [6, 6.07) is 15.2. The second-order valence-corrected chi connectivity index (χ2v) is 4.55. The Labute approximate surface area is 113 Å². The first-order chi connectivity index (χ1) is 9.13. The minimum absolute atomic E-state index is 0.290. The van der Waals surface area contributed by atoms with Gasteiger partial charge < -0.3 is 14.6 Å². The minimum Gasteiger partial charge on any atom is -0.491 e. The Morgan fingerprint density at radius 1 is 1.00 bits per heavy atom. The van der Waals surface area contributed by atoms with Gasteiger partial charge in [-0.25, -0.2) is 0 Å². The monoisotopic (exact) mass is 258 g/mol. The highest BCUT2D eigenvalue weighted by Gasteiger charge is 2.00. The molecular weight excluding hydrogens is 240 g/mol. The molecule has 2 aromatic rings. The summed E-state index contributed by atoms with van der Waals surface area (Å²) in [6.45, 7) is 4.01. The molecule has 0 heterocycles. The van der Waals surface area contributed by atoms with E-state index in [2.05, 4.69) is 0 Å². The fourth-order valence-corrected chi connectivity index (χ4v) is 1.64. The molecule has 0 saturated heterocycles. The number of rotatable bonds is 5. The van der Waals surface area contributed by atoms with Gasteiger partial charge in [0.2, 0.25) is 0 Å². The molecule has 1 N–H and O–H groups in total. The van der Waals surface area contributed by atoms with Crippen molar-refractivity contribution in [2.75, 3.05) is 6.61 Å². The summed E-state index contributed by atoms with van der Waals surface area (Å²) in [4.78, 5) is 0. The molecule has 0 fully saturated rings. The molecule has 0 aliphatic heterocycles. The summed E-state index contributed by atoms with van der Waals surface area (Å²) >= 11 is 0. The number of aliphatic hydroxyl groups is 1. The number of aliphatic hydroxyl groups excluding tert-OH is 1. The van der Waals surface area contributed by atoms with Crippen LogP contribution in [-0.4, -0.2) is 17.8 Å². The van der Waals surface area contributed by atoms with E-state index in [0.717, 1.165) is 22.8 Å². The summed E-state index contributed by atoms with van der Waals surface area (Å²) in [6.07, 6.45) is -0.469. The van der Waals surface area contributed by atoms with Crippen molar-refractivity contribution in [2.24, 2.45) is 0 Å². The summed E-state index contributed by atoms with van der Waals surface area (Å²) in [5.41, 5.74) is 1.16. The van der Waals surface area contributed by atoms with Crippen molar-refractivity contribution in [3.05, 3.63) is 54.1 Å². The predicted molar refractivity (Wildman–Crippen MR) is 74.9 cm³/mol. The Kier molecular flexibility index (Phi) is 4.42. The lowest BCUT2D eigenvalue weighted by atomic mass is 10.2. The first kappa shape index (κ1) is 13.4. The van der Waals surface area contributed by atoms with Crippen LogP contribution in [0.25, 0.3) is 0 Å². The molecule has 0 radical (unpaired) electrons. The van der Waals surface area contributed by atoms with Crippen molar-refractivity contribution in [3.63, 3.8) is 0 Å². The standard InChI is InChI=1S/C16H18O3/c1-12-4-3-5-16(10-12)19-15-8-6-14(7-9-15)18-11-13(2)17/h3-10,13,17H,11H2,1-2H3. The highest BCUT2D eigenvalue weighted by atomic mass is 16.5. The predicted octanol–water partition coefficient (Wildman–Crippen LogP) is 3.55. The quantitative estimate of drug-likeness (QED) is 0.891. The summed E-state index contributed by atoms with van der Waals surface area (Å²) in [5, 5.41) is 9.14. The molecule has 0 saturated carbocycles. The number of aryl methyl sites for hydroxylation is 1. The second-order valence-electron chi connectivity index (χ2n) is 4.55. The largest absolute Gasteiger partial charge is 0.491 e. The van der Waals surface area contributed by atoms with Crippen LogP contribution in [0.3, 0.4) is 0 Å². The van der Waals surface area contributed by atoms with Crippen LogP contribution in [0.5, 0.6) is 17.2 Å². The average Bonchev–Trinajstić information content (AvgIpc) is 2.38. The summed E-state index contributed by atoms with van der Waals surface area (Å²) in [5.74, 6) is 2.30. The van der Waals surface area contributed by atoms with E-state index in [1.165, 1.54) is 0 Å². The van der Waals surface area contributed by atoms with Gasteiger partial charge in [-0.2, -0.15) is 0 Å². The molecule has 1 unspecified atom stereocenters. The minimum atomic E-state index is -0.469. The lowest BCUT2D eigenvalue weighted by Crippen LogP contribution is -2.12. The van der Waals surface area contributed by atoms with Gasteiger partial charge in [0.25, 0.3) is 0 Å². The smallest absolute Gasteiger partial charge is 0.127 e. The molecule has 2 aromatic carbocycles. The van der Waals surface area contributed by atoms with E-state index in [4.69, 9.17) is 14.6 Å². The third-order valence-corrected chi connectivity index (χ3v) is 2.54. The SMILES string of the molecule is Cc1cccc(Oc2ccc(OCC(C)O)cc2)c1. The molecule has 0 aliphatic rings. The molecule has 0 aromatic heterocycles. The zero-order valence-electron chi connectivity index (χ0n) is 11.2. The molecule has 19 heavy (non-hydrogen) atoms. The van der Waals surface area contributed by atoms with E-state index in [9.17, 15) is 0 Å². The summed E-state index contributed by atoms with van der Waals surface area (Å²) in [7, 11) is 0. The summed E-state index contributed by atoms with van der Waals surface area (Å²) < 4.78 is 11.1. The molecule has 100 valence electrons. The van der Waals surface area contributed by atoms with E-state index in [-0.39, 0.29) is 6.61 Å². The fraction of sp³-hybridized carbons (Fsp3) is 0.250. The Morgan fingerprint density at radius 3 is 2.32 bits per heavy atom. The van der Waals surface area contributed by atoms with Crippen molar-refractivity contribution in [3.8, 4) is 17.2 Å². The van der Waals surface area contributed by atoms with Gasteiger partial charge in [-0.05, 0) is 55.8 Å². The lowest BCUT2D eigenvalue weighted by Gasteiger charge is -2.09. The molecular formula is C16H18O3. The maximum Gasteiger partial charge on any atom is 0.127 e. The van der Waals surface area contributed by atoms with E-state index < -0.39 is 6.10 Å². The highest BCUT2D eigenvalue weighted by Crippen LogP contribution is 2.24. The molecule has 1 atom stereocenters. The maximum atomic E-state index is 9.14. The van der Waals surface area contributed by atoms with Crippen molar-refractivity contribution in [1.82, 2.24) is 0 Å². The maximum absolute atomic E-state index is 9.14.